The predicted octanol–water partition coefficient (Wildman–Crippen LogP) is 2.62. The maximum Gasteiger partial charge on any atom is 0.226 e. The van der Waals surface area contributed by atoms with Crippen LogP contribution in [0, 0.1) is 6.92 Å². The summed E-state index contributed by atoms with van der Waals surface area (Å²) in [5.74, 6) is -0.0745. The highest BCUT2D eigenvalue weighted by molar-refractivity contribution is 7.09. The molecule has 0 saturated carbocycles. The molecule has 2 rings (SSSR count). The fourth-order valence-corrected chi connectivity index (χ4v) is 2.60. The number of nitrogens with zero attached hydrogens (tertiary/aromatic N) is 1. The molecule has 0 atom stereocenters. The van der Waals surface area contributed by atoms with Crippen LogP contribution < -0.4 is 11.1 Å². The molecule has 0 spiro atoms. The third kappa shape index (κ3) is 5.17. The molecule has 21 heavy (non-hydrogen) atoms. The van der Waals surface area contributed by atoms with E-state index in [1.54, 1.807) is 29.5 Å². The number of amides is 1. The lowest BCUT2D eigenvalue weighted by Crippen LogP contribution is -2.14. The highest BCUT2D eigenvalue weighted by Gasteiger charge is 2.04. The zero-order valence-corrected chi connectivity index (χ0v) is 12.8. The molecule has 0 unspecified atom stereocenters. The molecule has 0 saturated heterocycles. The Morgan fingerprint density at radius 2 is 2.29 bits per heavy atom. The summed E-state index contributed by atoms with van der Waals surface area (Å²) in [5.41, 5.74) is 9.89. The minimum atomic E-state index is -0.0745. The molecule has 0 fully saturated rings. The Kier molecular flexibility index (Phi) is 5.71. The molecule has 0 aliphatic rings. The van der Waals surface area contributed by atoms with Gasteiger partial charge in [0.25, 0.3) is 0 Å². The van der Waals surface area contributed by atoms with Crippen molar-refractivity contribution in [3.05, 3.63) is 40.3 Å². The molecule has 0 aliphatic heterocycles. The zero-order chi connectivity index (χ0) is 15.1. The summed E-state index contributed by atoms with van der Waals surface area (Å²) in [4.78, 5) is 17.2. The zero-order valence-electron chi connectivity index (χ0n) is 12.0. The summed E-state index contributed by atoms with van der Waals surface area (Å²) < 4.78 is 5.49. The van der Waals surface area contributed by atoms with Crippen molar-refractivity contribution < 1.29 is 9.53 Å². The molecule has 1 heterocycles. The van der Waals surface area contributed by atoms with Gasteiger partial charge in [-0.15, -0.1) is 11.3 Å². The van der Waals surface area contributed by atoms with Gasteiger partial charge < -0.3 is 15.8 Å². The number of benzene rings is 1. The second-order valence-electron chi connectivity index (χ2n) is 4.65. The number of carbonyl (C=O) groups excluding carboxylic acids is 1. The monoisotopic (exact) mass is 305 g/mol. The van der Waals surface area contributed by atoms with Crippen LogP contribution in [0.3, 0.4) is 0 Å². The molecule has 3 N–H and O–H groups in total. The van der Waals surface area contributed by atoms with Gasteiger partial charge in [0.2, 0.25) is 5.91 Å². The molecule has 0 bridgehead atoms. The van der Waals surface area contributed by atoms with E-state index in [4.69, 9.17) is 10.5 Å². The number of aromatic nitrogens is 1. The Morgan fingerprint density at radius 1 is 1.43 bits per heavy atom. The number of aryl methyl sites for hydroxylation is 1. The van der Waals surface area contributed by atoms with E-state index in [9.17, 15) is 4.79 Å². The van der Waals surface area contributed by atoms with Crippen molar-refractivity contribution in [3.63, 3.8) is 0 Å². The van der Waals surface area contributed by atoms with Gasteiger partial charge in [0.15, 0.2) is 0 Å². The van der Waals surface area contributed by atoms with E-state index in [2.05, 4.69) is 10.3 Å². The predicted molar refractivity (Wildman–Crippen MR) is 85.5 cm³/mol. The van der Waals surface area contributed by atoms with E-state index in [1.165, 1.54) is 4.88 Å². The first-order valence-corrected chi connectivity index (χ1v) is 7.65. The first kappa shape index (κ1) is 15.5. The fourth-order valence-electron chi connectivity index (χ4n) is 1.84. The van der Waals surface area contributed by atoms with Crippen LogP contribution in [0.25, 0.3) is 0 Å². The van der Waals surface area contributed by atoms with E-state index in [1.807, 2.05) is 18.5 Å². The Hall–Kier alpha value is -1.92. The number of thiazole rings is 1. The molecule has 112 valence electrons. The third-order valence-corrected chi connectivity index (χ3v) is 3.96. The summed E-state index contributed by atoms with van der Waals surface area (Å²) in [6.07, 6.45) is 1.17. The number of nitrogen functional groups attached to an aromatic ring is 1. The molecule has 1 aromatic heterocycles. The van der Waals surface area contributed by atoms with Crippen LogP contribution in [-0.2, 0) is 16.0 Å². The van der Waals surface area contributed by atoms with Gasteiger partial charge in [0, 0.05) is 22.7 Å². The minimum Gasteiger partial charge on any atom is -0.399 e. The van der Waals surface area contributed by atoms with Crippen LogP contribution in [0.4, 0.5) is 11.4 Å². The lowest BCUT2D eigenvalue weighted by molar-refractivity contribution is -0.117. The summed E-state index contributed by atoms with van der Waals surface area (Å²) in [6.45, 7) is 3.01. The lowest BCUT2D eigenvalue weighted by atomic mass is 10.3. The van der Waals surface area contributed by atoms with Crippen LogP contribution in [0.15, 0.2) is 29.8 Å². The van der Waals surface area contributed by atoms with Gasteiger partial charge in [-0.25, -0.2) is 4.98 Å². The van der Waals surface area contributed by atoms with Crippen LogP contribution in [-0.4, -0.2) is 24.1 Å². The molecule has 0 aliphatic carbocycles. The van der Waals surface area contributed by atoms with Crippen molar-refractivity contribution in [1.29, 1.82) is 0 Å². The standard InChI is InChI=1S/C15H19N3O2S/c1-11-14(21-10-17-11)5-7-20-8-6-15(19)18-13-4-2-3-12(16)9-13/h2-4,9-10H,5-8,16H2,1H3,(H,18,19). The smallest absolute Gasteiger partial charge is 0.226 e. The molecular weight excluding hydrogens is 286 g/mol. The largest absolute Gasteiger partial charge is 0.399 e. The second kappa shape index (κ2) is 7.75. The molecule has 6 heteroatoms. The normalized spacial score (nSPS) is 10.5. The van der Waals surface area contributed by atoms with Crippen molar-refractivity contribution in [2.24, 2.45) is 0 Å². The van der Waals surface area contributed by atoms with Gasteiger partial charge in [-0.3, -0.25) is 4.79 Å². The van der Waals surface area contributed by atoms with Crippen molar-refractivity contribution in [2.45, 2.75) is 19.8 Å². The van der Waals surface area contributed by atoms with Crippen molar-refractivity contribution in [2.75, 3.05) is 24.3 Å². The van der Waals surface area contributed by atoms with Crippen LogP contribution in [0.5, 0.6) is 0 Å². The topological polar surface area (TPSA) is 77.2 Å². The van der Waals surface area contributed by atoms with Crippen molar-refractivity contribution in [1.82, 2.24) is 4.98 Å². The SMILES string of the molecule is Cc1ncsc1CCOCCC(=O)Nc1cccc(N)c1. The lowest BCUT2D eigenvalue weighted by Gasteiger charge is -2.06. The third-order valence-electron chi connectivity index (χ3n) is 2.96. The molecule has 0 radical (unpaired) electrons. The Bertz CT molecular complexity index is 598. The molecule has 1 aromatic carbocycles. The number of nitrogens with two attached hydrogens (primary N) is 1. The molecule has 1 amide bonds. The summed E-state index contributed by atoms with van der Waals surface area (Å²) in [6, 6.07) is 7.12. The van der Waals surface area contributed by atoms with E-state index in [-0.39, 0.29) is 5.91 Å². The quantitative estimate of drug-likeness (QED) is 0.609. The van der Waals surface area contributed by atoms with Gasteiger partial charge in [-0.2, -0.15) is 0 Å². The van der Waals surface area contributed by atoms with Crippen LogP contribution in [0.1, 0.15) is 17.0 Å². The summed E-state index contributed by atoms with van der Waals surface area (Å²) in [5, 5.41) is 2.79. The van der Waals surface area contributed by atoms with E-state index >= 15 is 0 Å². The van der Waals surface area contributed by atoms with E-state index in [0.717, 1.165) is 12.1 Å². The van der Waals surface area contributed by atoms with Gasteiger partial charge in [-0.05, 0) is 25.1 Å². The van der Waals surface area contributed by atoms with Crippen LogP contribution in [0.2, 0.25) is 0 Å². The first-order valence-electron chi connectivity index (χ1n) is 6.77. The minimum absolute atomic E-state index is 0.0745. The van der Waals surface area contributed by atoms with E-state index < -0.39 is 0 Å². The van der Waals surface area contributed by atoms with Gasteiger partial charge >= 0.3 is 0 Å². The average Bonchev–Trinajstić information content (AvgIpc) is 2.84. The fraction of sp³-hybridized carbons (Fsp3) is 0.333. The number of rotatable bonds is 7. The number of hydrogen-bond acceptors (Lipinski definition) is 5. The summed E-state index contributed by atoms with van der Waals surface area (Å²) >= 11 is 1.63. The average molecular weight is 305 g/mol. The number of nitrogens with one attached hydrogen (secondary N) is 1. The maximum atomic E-state index is 11.7. The first-order chi connectivity index (χ1) is 10.1. The Labute approximate surface area is 128 Å². The number of carbonyl (C=O) groups is 1. The van der Waals surface area contributed by atoms with Gasteiger partial charge in [0.05, 0.1) is 30.8 Å². The van der Waals surface area contributed by atoms with Gasteiger partial charge in [-0.1, -0.05) is 6.07 Å². The highest BCUT2D eigenvalue weighted by Crippen LogP contribution is 2.13. The Morgan fingerprint density at radius 3 is 3.00 bits per heavy atom. The Balaban J connectivity index is 1.62. The van der Waals surface area contributed by atoms with Crippen molar-refractivity contribution in [3.8, 4) is 0 Å². The summed E-state index contributed by atoms with van der Waals surface area (Å²) in [7, 11) is 0. The van der Waals surface area contributed by atoms with Crippen molar-refractivity contribution >= 4 is 28.6 Å². The molecular formula is C15H19N3O2S. The van der Waals surface area contributed by atoms with Crippen LogP contribution >= 0.6 is 11.3 Å². The maximum absolute atomic E-state index is 11.7. The van der Waals surface area contributed by atoms with Gasteiger partial charge in [0.1, 0.15) is 0 Å². The number of ether oxygens (including phenoxy) is 1. The molecule has 5 nitrogen and oxygen atoms in total. The number of anilines is 2. The number of hydrogen-bond donors (Lipinski definition) is 2. The highest BCUT2D eigenvalue weighted by atomic mass is 32.1. The second-order valence-corrected chi connectivity index (χ2v) is 5.59. The van der Waals surface area contributed by atoms with E-state index in [0.29, 0.717) is 31.0 Å². The molecule has 2 aromatic rings.